The van der Waals surface area contributed by atoms with Gasteiger partial charge in [-0.1, -0.05) is 6.92 Å². The highest BCUT2D eigenvalue weighted by atomic mass is 16.5. The van der Waals surface area contributed by atoms with Gasteiger partial charge in [0.15, 0.2) is 11.6 Å². The maximum atomic E-state index is 5.92. The first-order valence-corrected chi connectivity index (χ1v) is 7.13. The van der Waals surface area contributed by atoms with E-state index in [0.29, 0.717) is 24.4 Å². The Labute approximate surface area is 118 Å². The van der Waals surface area contributed by atoms with Crippen LogP contribution in [0.1, 0.15) is 13.3 Å². The van der Waals surface area contributed by atoms with Gasteiger partial charge >= 0.3 is 0 Å². The van der Waals surface area contributed by atoms with Crippen LogP contribution in [-0.4, -0.2) is 49.3 Å². The number of nitrogen functional groups attached to an aromatic ring is 1. The minimum absolute atomic E-state index is 0.289. The molecule has 1 unspecified atom stereocenters. The number of aromatic nitrogens is 2. The zero-order valence-corrected chi connectivity index (χ0v) is 12.0. The van der Waals surface area contributed by atoms with E-state index in [9.17, 15) is 0 Å². The standard InChI is InChI=1S/C13H22N6O/c1-8-5-16-11-10(20-7-8)12(18-13(14)17-11)19-4-3-9(6-19)15-2/h8-9,15H,3-7H2,1-2H3,(H3,14,16,17,18)/t8?,9-/m1/s1. The van der Waals surface area contributed by atoms with Gasteiger partial charge in [-0.15, -0.1) is 0 Å². The normalized spacial score (nSPS) is 25.6. The van der Waals surface area contributed by atoms with E-state index >= 15 is 0 Å². The summed E-state index contributed by atoms with van der Waals surface area (Å²) in [5.74, 6) is 2.98. The largest absolute Gasteiger partial charge is 0.486 e. The maximum Gasteiger partial charge on any atom is 0.224 e. The summed E-state index contributed by atoms with van der Waals surface area (Å²) < 4.78 is 5.92. The third kappa shape index (κ3) is 2.45. The van der Waals surface area contributed by atoms with Gasteiger partial charge in [0.25, 0.3) is 0 Å². The molecule has 1 fully saturated rings. The summed E-state index contributed by atoms with van der Waals surface area (Å²) >= 11 is 0. The monoisotopic (exact) mass is 278 g/mol. The number of nitrogens with one attached hydrogen (secondary N) is 2. The molecule has 0 saturated carbocycles. The van der Waals surface area contributed by atoms with E-state index in [4.69, 9.17) is 10.5 Å². The van der Waals surface area contributed by atoms with Gasteiger partial charge in [-0.3, -0.25) is 0 Å². The van der Waals surface area contributed by atoms with E-state index in [1.807, 2.05) is 7.05 Å². The number of hydrogen-bond acceptors (Lipinski definition) is 7. The van der Waals surface area contributed by atoms with Gasteiger partial charge in [0.2, 0.25) is 11.7 Å². The summed E-state index contributed by atoms with van der Waals surface area (Å²) in [5, 5.41) is 6.61. The van der Waals surface area contributed by atoms with Crippen molar-refractivity contribution in [1.82, 2.24) is 15.3 Å². The molecule has 7 nitrogen and oxygen atoms in total. The Hall–Kier alpha value is -1.76. The van der Waals surface area contributed by atoms with Crippen LogP contribution in [0.2, 0.25) is 0 Å². The first-order valence-electron chi connectivity index (χ1n) is 7.13. The molecule has 0 amide bonds. The first kappa shape index (κ1) is 13.2. The van der Waals surface area contributed by atoms with Crippen molar-refractivity contribution in [2.75, 3.05) is 49.2 Å². The smallest absolute Gasteiger partial charge is 0.224 e. The lowest BCUT2D eigenvalue weighted by atomic mass is 10.2. The van der Waals surface area contributed by atoms with Crippen LogP contribution in [0.25, 0.3) is 0 Å². The fourth-order valence-electron chi connectivity index (χ4n) is 2.67. The highest BCUT2D eigenvalue weighted by molar-refractivity contribution is 5.68. The lowest BCUT2D eigenvalue weighted by Gasteiger charge is -2.21. The Morgan fingerprint density at radius 3 is 3.05 bits per heavy atom. The molecule has 1 aromatic rings. The van der Waals surface area contributed by atoms with Gasteiger partial charge in [0.05, 0.1) is 6.61 Å². The second-order valence-electron chi connectivity index (χ2n) is 5.60. The summed E-state index contributed by atoms with van der Waals surface area (Å²) in [6.07, 6.45) is 1.10. The van der Waals surface area contributed by atoms with Crippen molar-refractivity contribution in [2.45, 2.75) is 19.4 Å². The zero-order valence-electron chi connectivity index (χ0n) is 12.0. The van der Waals surface area contributed by atoms with Crippen LogP contribution < -0.4 is 26.0 Å². The second-order valence-corrected chi connectivity index (χ2v) is 5.60. The van der Waals surface area contributed by atoms with Crippen LogP contribution in [-0.2, 0) is 0 Å². The van der Waals surface area contributed by atoms with Crippen molar-refractivity contribution in [1.29, 1.82) is 0 Å². The number of nitrogens with two attached hydrogens (primary N) is 1. The highest BCUT2D eigenvalue weighted by Gasteiger charge is 2.28. The maximum absolute atomic E-state index is 5.92. The van der Waals surface area contributed by atoms with Gasteiger partial charge < -0.3 is 26.0 Å². The molecule has 4 N–H and O–H groups in total. The molecule has 3 rings (SSSR count). The van der Waals surface area contributed by atoms with Crippen LogP contribution in [0.4, 0.5) is 17.6 Å². The summed E-state index contributed by atoms with van der Waals surface area (Å²) in [6, 6.07) is 0.486. The van der Waals surface area contributed by atoms with Crippen LogP contribution in [0.15, 0.2) is 0 Å². The third-order valence-electron chi connectivity index (χ3n) is 3.89. The van der Waals surface area contributed by atoms with Crippen LogP contribution in [0, 0.1) is 5.92 Å². The predicted octanol–water partition coefficient (Wildman–Crippen LogP) is 0.297. The highest BCUT2D eigenvalue weighted by Crippen LogP contribution is 2.37. The van der Waals surface area contributed by atoms with Crippen molar-refractivity contribution in [3.8, 4) is 5.75 Å². The summed E-state index contributed by atoms with van der Waals surface area (Å²) in [7, 11) is 1.99. The van der Waals surface area contributed by atoms with Crippen molar-refractivity contribution >= 4 is 17.6 Å². The molecule has 1 saturated heterocycles. The third-order valence-corrected chi connectivity index (χ3v) is 3.89. The van der Waals surface area contributed by atoms with E-state index in [1.165, 1.54) is 0 Å². The molecule has 7 heteroatoms. The van der Waals surface area contributed by atoms with Gasteiger partial charge in [0.1, 0.15) is 0 Å². The van der Waals surface area contributed by atoms with E-state index in [0.717, 1.165) is 37.6 Å². The summed E-state index contributed by atoms with van der Waals surface area (Å²) in [4.78, 5) is 10.9. The Balaban J connectivity index is 1.93. The molecular weight excluding hydrogens is 256 g/mol. The molecule has 0 radical (unpaired) electrons. The van der Waals surface area contributed by atoms with Gasteiger partial charge in [-0.25, -0.2) is 0 Å². The number of ether oxygens (including phenoxy) is 1. The van der Waals surface area contributed by atoms with Crippen LogP contribution in [0.3, 0.4) is 0 Å². The molecule has 0 aromatic carbocycles. The molecule has 2 aliphatic heterocycles. The number of anilines is 3. The molecule has 2 atom stereocenters. The number of hydrogen-bond donors (Lipinski definition) is 3. The Morgan fingerprint density at radius 2 is 2.30 bits per heavy atom. The van der Waals surface area contributed by atoms with E-state index in [1.54, 1.807) is 0 Å². The SMILES string of the molecule is CN[C@@H]1CCN(c2nc(N)nc3c2OCC(C)CN3)C1. The van der Waals surface area contributed by atoms with Gasteiger partial charge in [0, 0.05) is 31.6 Å². The molecule has 0 bridgehead atoms. The second kappa shape index (κ2) is 5.32. The zero-order chi connectivity index (χ0) is 14.1. The Kier molecular flexibility index (Phi) is 3.52. The van der Waals surface area contributed by atoms with Crippen LogP contribution >= 0.6 is 0 Å². The van der Waals surface area contributed by atoms with Crippen molar-refractivity contribution in [2.24, 2.45) is 5.92 Å². The molecule has 3 heterocycles. The van der Waals surface area contributed by atoms with Crippen molar-refractivity contribution in [3.05, 3.63) is 0 Å². The quantitative estimate of drug-likeness (QED) is 0.717. The molecule has 1 aromatic heterocycles. The average Bonchev–Trinajstić information content (AvgIpc) is 2.84. The topological polar surface area (TPSA) is 88.3 Å². The lowest BCUT2D eigenvalue weighted by Crippen LogP contribution is -2.30. The molecule has 0 spiro atoms. The lowest BCUT2D eigenvalue weighted by molar-refractivity contribution is 0.275. The fraction of sp³-hybridized carbons (Fsp3) is 0.692. The molecule has 20 heavy (non-hydrogen) atoms. The Morgan fingerprint density at radius 1 is 1.45 bits per heavy atom. The minimum Gasteiger partial charge on any atom is -0.486 e. The Bertz CT molecular complexity index is 494. The fourth-order valence-corrected chi connectivity index (χ4v) is 2.67. The van der Waals surface area contributed by atoms with E-state index < -0.39 is 0 Å². The first-order chi connectivity index (χ1) is 9.67. The van der Waals surface area contributed by atoms with Gasteiger partial charge in [-0.2, -0.15) is 9.97 Å². The van der Waals surface area contributed by atoms with Crippen LogP contribution in [0.5, 0.6) is 5.75 Å². The number of nitrogens with zero attached hydrogens (tertiary/aromatic N) is 3. The number of fused-ring (bicyclic) bond motifs is 1. The molecular formula is C13H22N6O. The number of likely N-dealkylation sites (N-methyl/N-ethyl adjacent to an activating group) is 1. The van der Waals surface area contributed by atoms with E-state index in [-0.39, 0.29) is 5.95 Å². The van der Waals surface area contributed by atoms with Crippen molar-refractivity contribution < 1.29 is 4.74 Å². The van der Waals surface area contributed by atoms with E-state index in [2.05, 4.69) is 32.4 Å². The number of rotatable bonds is 2. The summed E-state index contributed by atoms with van der Waals surface area (Å²) in [6.45, 7) is 5.51. The average molecular weight is 278 g/mol. The molecule has 2 aliphatic rings. The molecule has 0 aliphatic carbocycles. The van der Waals surface area contributed by atoms with Gasteiger partial charge in [-0.05, 0) is 13.5 Å². The molecule has 110 valence electrons. The minimum atomic E-state index is 0.289. The predicted molar refractivity (Wildman–Crippen MR) is 79.3 cm³/mol. The summed E-state index contributed by atoms with van der Waals surface area (Å²) in [5.41, 5.74) is 5.84. The van der Waals surface area contributed by atoms with Crippen molar-refractivity contribution in [3.63, 3.8) is 0 Å².